The van der Waals surface area contributed by atoms with Gasteiger partial charge in [-0.05, 0) is 31.7 Å². The Kier molecular flexibility index (Phi) is 9.49. The van der Waals surface area contributed by atoms with Crippen molar-refractivity contribution in [3.8, 4) is 0 Å². The Labute approximate surface area is 90.7 Å². The minimum atomic E-state index is 0.765. The standard InChI is InChI=1S/C13H29N/c1-5-8-12(4)11-13(9-6-2)14-10-7-3/h12-14H,5-11H2,1-4H3. The van der Waals surface area contributed by atoms with Crippen molar-refractivity contribution in [2.45, 2.75) is 72.3 Å². The Balaban J connectivity index is 3.69. The summed E-state index contributed by atoms with van der Waals surface area (Å²) >= 11 is 0. The summed E-state index contributed by atoms with van der Waals surface area (Å²) in [6.07, 6.45) is 7.97. The van der Waals surface area contributed by atoms with Crippen LogP contribution in [0, 0.1) is 5.92 Å². The molecule has 0 saturated heterocycles. The second kappa shape index (κ2) is 9.51. The first-order valence-electron chi connectivity index (χ1n) is 6.47. The highest BCUT2D eigenvalue weighted by Gasteiger charge is 2.10. The van der Waals surface area contributed by atoms with Crippen LogP contribution < -0.4 is 5.32 Å². The maximum absolute atomic E-state index is 3.66. The van der Waals surface area contributed by atoms with Crippen LogP contribution in [0.15, 0.2) is 0 Å². The summed E-state index contributed by atoms with van der Waals surface area (Å²) in [6.45, 7) is 10.4. The van der Waals surface area contributed by atoms with Crippen LogP contribution in [0.4, 0.5) is 0 Å². The van der Waals surface area contributed by atoms with Gasteiger partial charge in [0.25, 0.3) is 0 Å². The Morgan fingerprint density at radius 1 is 0.929 bits per heavy atom. The highest BCUT2D eigenvalue weighted by Crippen LogP contribution is 2.15. The van der Waals surface area contributed by atoms with Gasteiger partial charge < -0.3 is 5.32 Å². The van der Waals surface area contributed by atoms with Crippen molar-refractivity contribution in [3.63, 3.8) is 0 Å². The molecule has 0 bridgehead atoms. The van der Waals surface area contributed by atoms with Gasteiger partial charge in [0.05, 0.1) is 0 Å². The normalized spacial score (nSPS) is 15.4. The Morgan fingerprint density at radius 2 is 1.57 bits per heavy atom. The Bertz CT molecular complexity index is 112. The van der Waals surface area contributed by atoms with E-state index in [1.165, 1.54) is 45.1 Å². The first kappa shape index (κ1) is 14.0. The zero-order valence-corrected chi connectivity index (χ0v) is 10.6. The first-order valence-corrected chi connectivity index (χ1v) is 6.47. The van der Waals surface area contributed by atoms with Gasteiger partial charge in [0.15, 0.2) is 0 Å². The van der Waals surface area contributed by atoms with Gasteiger partial charge in [0.2, 0.25) is 0 Å². The molecule has 0 amide bonds. The molecule has 0 fully saturated rings. The van der Waals surface area contributed by atoms with E-state index in [9.17, 15) is 0 Å². The lowest BCUT2D eigenvalue weighted by Crippen LogP contribution is -2.31. The van der Waals surface area contributed by atoms with E-state index in [0.717, 1.165) is 12.0 Å². The fraction of sp³-hybridized carbons (Fsp3) is 1.00. The maximum atomic E-state index is 3.66. The van der Waals surface area contributed by atoms with E-state index in [1.807, 2.05) is 0 Å². The molecule has 1 N–H and O–H groups in total. The van der Waals surface area contributed by atoms with E-state index in [-0.39, 0.29) is 0 Å². The summed E-state index contributed by atoms with van der Waals surface area (Å²) in [5.74, 6) is 0.890. The van der Waals surface area contributed by atoms with Gasteiger partial charge in [0, 0.05) is 6.04 Å². The van der Waals surface area contributed by atoms with Crippen molar-refractivity contribution < 1.29 is 0 Å². The predicted molar refractivity (Wildman–Crippen MR) is 65.7 cm³/mol. The summed E-state index contributed by atoms with van der Waals surface area (Å²) < 4.78 is 0. The average Bonchev–Trinajstić information content (AvgIpc) is 2.15. The molecule has 0 rings (SSSR count). The zero-order chi connectivity index (χ0) is 10.8. The number of rotatable bonds is 9. The summed E-state index contributed by atoms with van der Waals surface area (Å²) in [5.41, 5.74) is 0. The lowest BCUT2D eigenvalue weighted by molar-refractivity contribution is 0.365. The SMILES string of the molecule is CCCNC(CCC)CC(C)CCC. The van der Waals surface area contributed by atoms with Gasteiger partial charge in [-0.25, -0.2) is 0 Å². The van der Waals surface area contributed by atoms with Gasteiger partial charge in [0.1, 0.15) is 0 Å². The summed E-state index contributed by atoms with van der Waals surface area (Å²) in [5, 5.41) is 3.66. The van der Waals surface area contributed by atoms with Crippen LogP contribution >= 0.6 is 0 Å². The topological polar surface area (TPSA) is 12.0 Å². The molecule has 0 heterocycles. The molecule has 0 spiro atoms. The van der Waals surface area contributed by atoms with Crippen molar-refractivity contribution in [2.75, 3.05) is 6.54 Å². The van der Waals surface area contributed by atoms with E-state index >= 15 is 0 Å². The highest BCUT2D eigenvalue weighted by molar-refractivity contribution is 4.69. The van der Waals surface area contributed by atoms with Crippen LogP contribution in [0.3, 0.4) is 0 Å². The van der Waals surface area contributed by atoms with Crippen molar-refractivity contribution in [1.82, 2.24) is 5.32 Å². The molecule has 0 radical (unpaired) electrons. The van der Waals surface area contributed by atoms with Gasteiger partial charge in [-0.3, -0.25) is 0 Å². The molecule has 0 aliphatic carbocycles. The minimum absolute atomic E-state index is 0.765. The molecular weight excluding hydrogens is 170 g/mol. The van der Waals surface area contributed by atoms with Crippen molar-refractivity contribution in [3.05, 3.63) is 0 Å². The molecule has 0 aliphatic heterocycles. The average molecular weight is 199 g/mol. The maximum Gasteiger partial charge on any atom is 0.00694 e. The van der Waals surface area contributed by atoms with Crippen LogP contribution in [-0.4, -0.2) is 12.6 Å². The molecule has 1 nitrogen and oxygen atoms in total. The van der Waals surface area contributed by atoms with Gasteiger partial charge in [-0.1, -0.05) is 47.0 Å². The van der Waals surface area contributed by atoms with Crippen LogP contribution in [0.1, 0.15) is 66.2 Å². The summed E-state index contributed by atoms with van der Waals surface area (Å²) in [6, 6.07) is 0.765. The molecule has 0 saturated carbocycles. The molecule has 2 atom stereocenters. The van der Waals surface area contributed by atoms with E-state index in [0.29, 0.717) is 0 Å². The molecule has 86 valence electrons. The third kappa shape index (κ3) is 7.37. The second-order valence-electron chi connectivity index (χ2n) is 4.57. The lowest BCUT2D eigenvalue weighted by atomic mass is 9.95. The quantitative estimate of drug-likeness (QED) is 0.592. The fourth-order valence-electron chi connectivity index (χ4n) is 2.10. The molecule has 0 aromatic carbocycles. The van der Waals surface area contributed by atoms with E-state index in [1.54, 1.807) is 0 Å². The van der Waals surface area contributed by atoms with Crippen LogP contribution in [-0.2, 0) is 0 Å². The van der Waals surface area contributed by atoms with Crippen LogP contribution in [0.2, 0.25) is 0 Å². The third-order valence-electron chi connectivity index (χ3n) is 2.79. The van der Waals surface area contributed by atoms with Gasteiger partial charge in [-0.2, -0.15) is 0 Å². The third-order valence-corrected chi connectivity index (χ3v) is 2.79. The summed E-state index contributed by atoms with van der Waals surface area (Å²) in [4.78, 5) is 0. The molecule has 14 heavy (non-hydrogen) atoms. The minimum Gasteiger partial charge on any atom is -0.314 e. The molecule has 0 aromatic rings. The van der Waals surface area contributed by atoms with Gasteiger partial charge >= 0.3 is 0 Å². The Morgan fingerprint density at radius 3 is 2.07 bits per heavy atom. The molecule has 0 aromatic heterocycles. The zero-order valence-electron chi connectivity index (χ0n) is 10.6. The fourth-order valence-corrected chi connectivity index (χ4v) is 2.10. The predicted octanol–water partition coefficient (Wildman–Crippen LogP) is 3.98. The number of hydrogen-bond acceptors (Lipinski definition) is 1. The smallest absolute Gasteiger partial charge is 0.00694 e. The van der Waals surface area contributed by atoms with E-state index in [4.69, 9.17) is 0 Å². The number of nitrogens with one attached hydrogen (secondary N) is 1. The van der Waals surface area contributed by atoms with Crippen molar-refractivity contribution in [1.29, 1.82) is 0 Å². The van der Waals surface area contributed by atoms with Crippen molar-refractivity contribution in [2.24, 2.45) is 5.92 Å². The first-order chi connectivity index (χ1) is 6.74. The largest absolute Gasteiger partial charge is 0.314 e. The van der Waals surface area contributed by atoms with Gasteiger partial charge in [-0.15, -0.1) is 0 Å². The van der Waals surface area contributed by atoms with E-state index in [2.05, 4.69) is 33.0 Å². The summed E-state index contributed by atoms with van der Waals surface area (Å²) in [7, 11) is 0. The van der Waals surface area contributed by atoms with E-state index < -0.39 is 0 Å². The molecule has 2 unspecified atom stereocenters. The van der Waals surface area contributed by atoms with Crippen LogP contribution in [0.5, 0.6) is 0 Å². The lowest BCUT2D eigenvalue weighted by Gasteiger charge is -2.21. The molecule has 1 heteroatoms. The Hall–Kier alpha value is -0.0400. The highest BCUT2D eigenvalue weighted by atomic mass is 14.9. The second-order valence-corrected chi connectivity index (χ2v) is 4.57. The monoisotopic (exact) mass is 199 g/mol. The number of hydrogen-bond donors (Lipinski definition) is 1. The van der Waals surface area contributed by atoms with Crippen molar-refractivity contribution >= 4 is 0 Å². The van der Waals surface area contributed by atoms with Crippen LogP contribution in [0.25, 0.3) is 0 Å². The molecule has 0 aliphatic rings. The molecular formula is C13H29N.